The van der Waals surface area contributed by atoms with Gasteiger partial charge >= 0.3 is 6.03 Å². The van der Waals surface area contributed by atoms with Crippen LogP contribution in [0.25, 0.3) is 11.0 Å². The van der Waals surface area contributed by atoms with E-state index < -0.39 is 0 Å². The molecular formula is C15H15N5O. The van der Waals surface area contributed by atoms with E-state index in [9.17, 15) is 4.79 Å². The van der Waals surface area contributed by atoms with Gasteiger partial charge in [-0.3, -0.25) is 0 Å². The Kier molecular flexibility index (Phi) is 3.27. The van der Waals surface area contributed by atoms with Crippen LogP contribution in [0.2, 0.25) is 0 Å². The molecule has 0 aliphatic heterocycles. The Labute approximate surface area is 121 Å². The molecule has 1 amide bonds. The number of nitrogens with zero attached hydrogens (tertiary/aromatic N) is 3. The summed E-state index contributed by atoms with van der Waals surface area (Å²) in [6, 6.07) is 14.4. The molecule has 3 aromatic rings. The van der Waals surface area contributed by atoms with E-state index in [1.54, 1.807) is 18.2 Å². The normalized spacial score (nSPS) is 12.2. The van der Waals surface area contributed by atoms with E-state index in [2.05, 4.69) is 15.6 Å². The maximum Gasteiger partial charge on any atom is 0.344 e. The molecule has 0 aliphatic carbocycles. The number of nitrogen functional groups attached to an aromatic ring is 1. The maximum absolute atomic E-state index is 12.3. The van der Waals surface area contributed by atoms with Crippen molar-refractivity contribution in [1.82, 2.24) is 20.3 Å². The first-order chi connectivity index (χ1) is 10.1. The van der Waals surface area contributed by atoms with Gasteiger partial charge in [-0.25, -0.2) is 4.79 Å². The van der Waals surface area contributed by atoms with Gasteiger partial charge in [0.15, 0.2) is 0 Å². The molecule has 1 aromatic heterocycles. The first-order valence-corrected chi connectivity index (χ1v) is 6.62. The van der Waals surface area contributed by atoms with Crippen LogP contribution in [0.3, 0.4) is 0 Å². The highest BCUT2D eigenvalue weighted by atomic mass is 16.2. The number of carbonyl (C=O) groups excluding carboxylic acids is 1. The third-order valence-electron chi connectivity index (χ3n) is 3.30. The Morgan fingerprint density at radius 2 is 2.00 bits per heavy atom. The molecule has 0 bridgehead atoms. The molecule has 0 saturated heterocycles. The van der Waals surface area contributed by atoms with Gasteiger partial charge in [0.1, 0.15) is 11.0 Å². The fourth-order valence-electron chi connectivity index (χ4n) is 2.16. The van der Waals surface area contributed by atoms with E-state index in [0.717, 1.165) is 5.56 Å². The molecule has 0 saturated carbocycles. The third kappa shape index (κ3) is 2.55. The maximum atomic E-state index is 12.3. The minimum absolute atomic E-state index is 0.126. The van der Waals surface area contributed by atoms with E-state index in [1.165, 1.54) is 4.68 Å². The molecule has 1 atom stereocenters. The summed E-state index contributed by atoms with van der Waals surface area (Å²) in [7, 11) is 0. The number of rotatable bonds is 2. The van der Waals surface area contributed by atoms with Crippen LogP contribution in [0.4, 0.5) is 10.5 Å². The lowest BCUT2D eigenvalue weighted by Crippen LogP contribution is -2.31. The van der Waals surface area contributed by atoms with Crippen molar-refractivity contribution in [2.24, 2.45) is 0 Å². The molecule has 1 heterocycles. The lowest BCUT2D eigenvalue weighted by Gasteiger charge is -2.13. The lowest BCUT2D eigenvalue weighted by molar-refractivity contribution is 0.237. The minimum Gasteiger partial charge on any atom is -0.399 e. The summed E-state index contributed by atoms with van der Waals surface area (Å²) in [5.41, 5.74) is 8.55. The molecule has 0 unspecified atom stereocenters. The van der Waals surface area contributed by atoms with Gasteiger partial charge in [0, 0.05) is 5.69 Å². The monoisotopic (exact) mass is 281 g/mol. The van der Waals surface area contributed by atoms with Crippen molar-refractivity contribution in [3.05, 3.63) is 54.1 Å². The summed E-state index contributed by atoms with van der Waals surface area (Å²) in [6.45, 7) is 1.92. The fourth-order valence-corrected chi connectivity index (χ4v) is 2.16. The molecular weight excluding hydrogens is 266 g/mol. The first-order valence-electron chi connectivity index (χ1n) is 6.62. The van der Waals surface area contributed by atoms with Crippen LogP contribution in [-0.4, -0.2) is 21.0 Å². The van der Waals surface area contributed by atoms with Gasteiger partial charge in [0.2, 0.25) is 0 Å². The van der Waals surface area contributed by atoms with Gasteiger partial charge in [-0.05, 0) is 30.7 Å². The highest BCUT2D eigenvalue weighted by molar-refractivity contribution is 5.89. The number of hydrogen-bond acceptors (Lipinski definition) is 4. The van der Waals surface area contributed by atoms with Crippen molar-refractivity contribution in [1.29, 1.82) is 0 Å². The van der Waals surface area contributed by atoms with Crippen molar-refractivity contribution in [2.75, 3.05) is 5.73 Å². The van der Waals surface area contributed by atoms with Crippen LogP contribution in [0.15, 0.2) is 48.5 Å². The van der Waals surface area contributed by atoms with Crippen LogP contribution in [0, 0.1) is 0 Å². The summed E-state index contributed by atoms with van der Waals surface area (Å²) >= 11 is 0. The Morgan fingerprint density at radius 1 is 1.24 bits per heavy atom. The van der Waals surface area contributed by atoms with Gasteiger partial charge < -0.3 is 11.1 Å². The summed E-state index contributed by atoms with van der Waals surface area (Å²) < 4.78 is 1.23. The van der Waals surface area contributed by atoms with E-state index in [1.807, 2.05) is 37.3 Å². The standard InChI is InChI=1S/C15H15N5O/c1-10(11-5-3-2-4-6-11)17-15(21)20-14-9-12(16)7-8-13(14)18-19-20/h2-10H,16H2,1H3,(H,17,21)/t10-/m0/s1. The van der Waals surface area contributed by atoms with Crippen LogP contribution in [0.1, 0.15) is 18.5 Å². The van der Waals surface area contributed by atoms with Crippen molar-refractivity contribution < 1.29 is 4.79 Å². The molecule has 0 radical (unpaired) electrons. The Balaban J connectivity index is 1.86. The first kappa shape index (κ1) is 13.1. The van der Waals surface area contributed by atoms with Crippen molar-refractivity contribution in [3.8, 4) is 0 Å². The van der Waals surface area contributed by atoms with Gasteiger partial charge in [-0.1, -0.05) is 35.5 Å². The zero-order valence-electron chi connectivity index (χ0n) is 11.5. The smallest absolute Gasteiger partial charge is 0.344 e. The number of nitrogens with two attached hydrogens (primary N) is 1. The Bertz CT molecular complexity index is 781. The molecule has 3 rings (SSSR count). The highest BCUT2D eigenvalue weighted by Gasteiger charge is 2.15. The average molecular weight is 281 g/mol. The van der Waals surface area contributed by atoms with Crippen molar-refractivity contribution >= 4 is 22.8 Å². The molecule has 2 aromatic carbocycles. The lowest BCUT2D eigenvalue weighted by atomic mass is 10.1. The molecule has 0 aliphatic rings. The second kappa shape index (κ2) is 5.24. The van der Waals surface area contributed by atoms with Crippen LogP contribution < -0.4 is 11.1 Å². The average Bonchev–Trinajstić information content (AvgIpc) is 2.91. The zero-order valence-corrected chi connectivity index (χ0v) is 11.5. The number of anilines is 1. The molecule has 106 valence electrons. The van der Waals surface area contributed by atoms with E-state index in [0.29, 0.717) is 16.7 Å². The minimum atomic E-state index is -0.334. The topological polar surface area (TPSA) is 85.8 Å². The van der Waals surface area contributed by atoms with Gasteiger partial charge in [-0.2, -0.15) is 4.68 Å². The Hall–Kier alpha value is -2.89. The number of carbonyl (C=O) groups is 1. The third-order valence-corrected chi connectivity index (χ3v) is 3.30. The summed E-state index contributed by atoms with van der Waals surface area (Å²) in [5.74, 6) is 0. The van der Waals surface area contributed by atoms with E-state index in [-0.39, 0.29) is 12.1 Å². The van der Waals surface area contributed by atoms with Crippen LogP contribution in [0.5, 0.6) is 0 Å². The molecule has 0 fully saturated rings. The van der Waals surface area contributed by atoms with E-state index >= 15 is 0 Å². The Morgan fingerprint density at radius 3 is 2.76 bits per heavy atom. The fraction of sp³-hybridized carbons (Fsp3) is 0.133. The quantitative estimate of drug-likeness (QED) is 0.706. The van der Waals surface area contributed by atoms with Crippen molar-refractivity contribution in [2.45, 2.75) is 13.0 Å². The highest BCUT2D eigenvalue weighted by Crippen LogP contribution is 2.16. The molecule has 6 nitrogen and oxygen atoms in total. The number of benzene rings is 2. The van der Waals surface area contributed by atoms with Crippen molar-refractivity contribution in [3.63, 3.8) is 0 Å². The zero-order chi connectivity index (χ0) is 14.8. The second-order valence-electron chi connectivity index (χ2n) is 4.83. The number of nitrogens with one attached hydrogen (secondary N) is 1. The van der Waals surface area contributed by atoms with E-state index in [4.69, 9.17) is 5.73 Å². The van der Waals surface area contributed by atoms with Crippen LogP contribution >= 0.6 is 0 Å². The number of hydrogen-bond donors (Lipinski definition) is 2. The van der Waals surface area contributed by atoms with Crippen LogP contribution in [-0.2, 0) is 0 Å². The number of aromatic nitrogens is 3. The molecule has 0 spiro atoms. The molecule has 6 heteroatoms. The predicted octanol–water partition coefficient (Wildman–Crippen LogP) is 2.33. The molecule has 21 heavy (non-hydrogen) atoms. The van der Waals surface area contributed by atoms with Gasteiger partial charge in [-0.15, -0.1) is 5.10 Å². The summed E-state index contributed by atoms with van der Waals surface area (Å²) in [4.78, 5) is 12.3. The van der Waals surface area contributed by atoms with Gasteiger partial charge in [0.05, 0.1) is 6.04 Å². The number of amides is 1. The number of fused-ring (bicyclic) bond motifs is 1. The predicted molar refractivity (Wildman–Crippen MR) is 80.7 cm³/mol. The summed E-state index contributed by atoms with van der Waals surface area (Å²) in [6.07, 6.45) is 0. The summed E-state index contributed by atoms with van der Waals surface area (Å²) in [5, 5.41) is 10.7. The molecule has 3 N–H and O–H groups in total. The van der Waals surface area contributed by atoms with Gasteiger partial charge in [0.25, 0.3) is 0 Å². The second-order valence-corrected chi connectivity index (χ2v) is 4.83. The largest absolute Gasteiger partial charge is 0.399 e. The SMILES string of the molecule is C[C@H](NC(=O)n1nnc2ccc(N)cc21)c1ccccc1.